The van der Waals surface area contributed by atoms with Gasteiger partial charge in [0.2, 0.25) is 0 Å². The molecule has 0 saturated heterocycles. The molecule has 0 aliphatic carbocycles. The summed E-state index contributed by atoms with van der Waals surface area (Å²) >= 11 is 5.75. The third-order valence-electron chi connectivity index (χ3n) is 3.04. The van der Waals surface area contributed by atoms with Crippen molar-refractivity contribution in [3.63, 3.8) is 0 Å². The lowest BCUT2D eigenvalue weighted by Crippen LogP contribution is -2.04. The van der Waals surface area contributed by atoms with Crippen molar-refractivity contribution in [3.05, 3.63) is 57.9 Å². The van der Waals surface area contributed by atoms with Crippen LogP contribution in [0.3, 0.4) is 0 Å². The minimum Gasteiger partial charge on any atom is -0.507 e. The number of carbonyl (C=O) groups is 1. The number of aromatic nitrogens is 1. The molecule has 104 valence electrons. The molecule has 2 rings (SSSR count). The first kappa shape index (κ1) is 14.3. The smallest absolute Gasteiger partial charge is 0.341 e. The van der Waals surface area contributed by atoms with E-state index in [1.807, 2.05) is 13.0 Å². The van der Waals surface area contributed by atoms with Gasteiger partial charge in [0.1, 0.15) is 16.5 Å². The number of nitrogens with zero attached hydrogens (tertiary/aromatic N) is 1. The fraction of sp³-hybridized carbons (Fsp3) is 0.200. The quantitative estimate of drug-likeness (QED) is 0.697. The molecule has 0 atom stereocenters. The number of aromatic hydroxyl groups is 1. The van der Waals surface area contributed by atoms with Gasteiger partial charge in [-0.3, -0.25) is 0 Å². The molecule has 0 radical (unpaired) electrons. The van der Waals surface area contributed by atoms with E-state index in [2.05, 4.69) is 9.72 Å². The molecular weight excluding hydrogens is 278 g/mol. The number of benzene rings is 1. The SMILES string of the molecule is COC(=O)c1cc(Cc2ccc(Cl)nc2)c(C)cc1O. The van der Waals surface area contributed by atoms with Crippen LogP contribution in [0, 0.1) is 6.92 Å². The van der Waals surface area contributed by atoms with Crippen LogP contribution in [0.15, 0.2) is 30.5 Å². The summed E-state index contributed by atoms with van der Waals surface area (Å²) in [7, 11) is 1.28. The van der Waals surface area contributed by atoms with Crippen LogP contribution in [-0.4, -0.2) is 23.2 Å². The van der Waals surface area contributed by atoms with Crippen LogP contribution in [0.5, 0.6) is 5.75 Å². The normalized spacial score (nSPS) is 10.3. The van der Waals surface area contributed by atoms with E-state index in [-0.39, 0.29) is 11.3 Å². The highest BCUT2D eigenvalue weighted by Gasteiger charge is 2.14. The highest BCUT2D eigenvalue weighted by molar-refractivity contribution is 6.29. The van der Waals surface area contributed by atoms with Gasteiger partial charge in [0, 0.05) is 6.20 Å². The average molecular weight is 292 g/mol. The Morgan fingerprint density at radius 2 is 2.15 bits per heavy atom. The predicted octanol–water partition coefficient (Wildman–Crippen LogP) is 3.13. The maximum absolute atomic E-state index is 11.6. The lowest BCUT2D eigenvalue weighted by atomic mass is 9.98. The standard InChI is InChI=1S/C15H14ClNO3/c1-9-5-13(18)12(15(19)20-2)7-11(9)6-10-3-4-14(16)17-8-10/h3-5,7-8,18H,6H2,1-2H3. The maximum atomic E-state index is 11.6. The van der Waals surface area contributed by atoms with Gasteiger partial charge in [-0.05, 0) is 48.2 Å². The summed E-state index contributed by atoms with van der Waals surface area (Å²) in [6, 6.07) is 6.79. The van der Waals surface area contributed by atoms with E-state index in [0.717, 1.165) is 16.7 Å². The van der Waals surface area contributed by atoms with Gasteiger partial charge in [-0.15, -0.1) is 0 Å². The molecule has 0 bridgehead atoms. The largest absolute Gasteiger partial charge is 0.507 e. The van der Waals surface area contributed by atoms with E-state index in [4.69, 9.17) is 11.6 Å². The van der Waals surface area contributed by atoms with Crippen LogP contribution >= 0.6 is 11.6 Å². The number of phenolic OH excluding ortho intramolecular Hbond substituents is 1. The molecule has 0 aliphatic rings. The van der Waals surface area contributed by atoms with Crippen molar-refractivity contribution in [1.29, 1.82) is 0 Å². The van der Waals surface area contributed by atoms with Crippen molar-refractivity contribution in [3.8, 4) is 5.75 Å². The fourth-order valence-corrected chi connectivity index (χ4v) is 2.04. The summed E-state index contributed by atoms with van der Waals surface area (Å²) in [6.45, 7) is 1.87. The Bertz CT molecular complexity index is 638. The summed E-state index contributed by atoms with van der Waals surface area (Å²) in [5.41, 5.74) is 2.95. The van der Waals surface area contributed by atoms with Crippen LogP contribution in [0.25, 0.3) is 0 Å². The van der Waals surface area contributed by atoms with Crippen molar-refractivity contribution in [2.45, 2.75) is 13.3 Å². The van der Waals surface area contributed by atoms with Crippen molar-refractivity contribution < 1.29 is 14.6 Å². The van der Waals surface area contributed by atoms with Crippen molar-refractivity contribution in [2.75, 3.05) is 7.11 Å². The van der Waals surface area contributed by atoms with Crippen LogP contribution in [0.1, 0.15) is 27.0 Å². The number of pyridine rings is 1. The number of esters is 1. The van der Waals surface area contributed by atoms with E-state index in [1.54, 1.807) is 24.4 Å². The van der Waals surface area contributed by atoms with Gasteiger partial charge < -0.3 is 9.84 Å². The van der Waals surface area contributed by atoms with Crippen LogP contribution in [0.2, 0.25) is 5.15 Å². The first-order valence-corrected chi connectivity index (χ1v) is 6.40. The van der Waals surface area contributed by atoms with Gasteiger partial charge >= 0.3 is 5.97 Å². The van der Waals surface area contributed by atoms with Crippen molar-refractivity contribution in [2.24, 2.45) is 0 Å². The first-order valence-electron chi connectivity index (χ1n) is 6.02. The van der Waals surface area contributed by atoms with Crippen molar-refractivity contribution in [1.82, 2.24) is 4.98 Å². The number of methoxy groups -OCH3 is 1. The van der Waals surface area contributed by atoms with Crippen LogP contribution in [0.4, 0.5) is 0 Å². The minimum absolute atomic E-state index is 0.0765. The lowest BCUT2D eigenvalue weighted by Gasteiger charge is -2.10. The number of phenols is 1. The van der Waals surface area contributed by atoms with Gasteiger partial charge in [0.15, 0.2) is 0 Å². The second kappa shape index (κ2) is 5.92. The summed E-state index contributed by atoms with van der Waals surface area (Å²) in [4.78, 5) is 15.6. The fourth-order valence-electron chi connectivity index (χ4n) is 1.93. The first-order chi connectivity index (χ1) is 9.51. The molecule has 1 aromatic carbocycles. The zero-order valence-electron chi connectivity index (χ0n) is 11.2. The number of halogens is 1. The third kappa shape index (κ3) is 3.08. The number of carbonyl (C=O) groups excluding carboxylic acids is 1. The Hall–Kier alpha value is -2.07. The number of hydrogen-bond acceptors (Lipinski definition) is 4. The number of rotatable bonds is 3. The average Bonchev–Trinajstić information content (AvgIpc) is 2.43. The van der Waals surface area contributed by atoms with E-state index < -0.39 is 5.97 Å². The Morgan fingerprint density at radius 3 is 2.75 bits per heavy atom. The lowest BCUT2D eigenvalue weighted by molar-refractivity contribution is 0.0597. The Morgan fingerprint density at radius 1 is 1.40 bits per heavy atom. The Balaban J connectivity index is 2.36. The third-order valence-corrected chi connectivity index (χ3v) is 3.27. The van der Waals surface area contributed by atoms with Gasteiger partial charge in [-0.25, -0.2) is 9.78 Å². The summed E-state index contributed by atoms with van der Waals surface area (Å²) in [5, 5.41) is 10.2. The molecule has 1 heterocycles. The molecule has 0 amide bonds. The summed E-state index contributed by atoms with van der Waals surface area (Å²) in [5.74, 6) is -0.634. The minimum atomic E-state index is -0.557. The number of ether oxygens (including phenoxy) is 1. The summed E-state index contributed by atoms with van der Waals surface area (Å²) in [6.07, 6.45) is 2.28. The van der Waals surface area contributed by atoms with Gasteiger partial charge in [0.25, 0.3) is 0 Å². The van der Waals surface area contributed by atoms with Crippen molar-refractivity contribution >= 4 is 17.6 Å². The molecule has 0 fully saturated rings. The molecule has 20 heavy (non-hydrogen) atoms. The molecule has 5 heteroatoms. The molecular formula is C15H14ClNO3. The number of aryl methyl sites for hydroxylation is 1. The van der Waals surface area contributed by atoms with Gasteiger partial charge in [-0.1, -0.05) is 17.7 Å². The molecule has 0 spiro atoms. The highest BCUT2D eigenvalue weighted by Crippen LogP contribution is 2.25. The molecule has 4 nitrogen and oxygen atoms in total. The van der Waals surface area contributed by atoms with E-state index >= 15 is 0 Å². The number of hydrogen-bond donors (Lipinski definition) is 1. The van der Waals surface area contributed by atoms with E-state index in [1.165, 1.54) is 7.11 Å². The Kier molecular flexibility index (Phi) is 4.25. The molecule has 1 aromatic heterocycles. The van der Waals surface area contributed by atoms with Gasteiger partial charge in [0.05, 0.1) is 7.11 Å². The molecule has 0 saturated carbocycles. The van der Waals surface area contributed by atoms with E-state index in [0.29, 0.717) is 11.6 Å². The zero-order valence-corrected chi connectivity index (χ0v) is 11.9. The second-order valence-electron chi connectivity index (χ2n) is 4.45. The predicted molar refractivity (Wildman–Crippen MR) is 76.2 cm³/mol. The Labute approximate surface area is 122 Å². The highest BCUT2D eigenvalue weighted by atomic mass is 35.5. The van der Waals surface area contributed by atoms with Crippen LogP contribution < -0.4 is 0 Å². The maximum Gasteiger partial charge on any atom is 0.341 e. The molecule has 1 N–H and O–H groups in total. The van der Waals surface area contributed by atoms with E-state index in [9.17, 15) is 9.90 Å². The van der Waals surface area contributed by atoms with Crippen LogP contribution in [-0.2, 0) is 11.2 Å². The summed E-state index contributed by atoms with van der Waals surface area (Å²) < 4.78 is 4.65. The molecule has 0 unspecified atom stereocenters. The molecule has 2 aromatic rings. The monoisotopic (exact) mass is 291 g/mol. The van der Waals surface area contributed by atoms with Gasteiger partial charge in [-0.2, -0.15) is 0 Å². The second-order valence-corrected chi connectivity index (χ2v) is 4.84. The molecule has 0 aliphatic heterocycles. The topological polar surface area (TPSA) is 59.4 Å². The zero-order chi connectivity index (χ0) is 14.7.